The number of carbonyl (C=O) groups excluding carboxylic acids is 2. The van der Waals surface area contributed by atoms with Crippen LogP contribution in [-0.4, -0.2) is 11.8 Å². The van der Waals surface area contributed by atoms with E-state index in [2.05, 4.69) is 0 Å². The summed E-state index contributed by atoms with van der Waals surface area (Å²) in [6.45, 7) is 1.31. The molecule has 0 saturated heterocycles. The highest BCUT2D eigenvalue weighted by Crippen LogP contribution is 2.27. The number of ether oxygens (including phenoxy) is 1. The van der Waals surface area contributed by atoms with Gasteiger partial charge in [-0.25, -0.2) is 0 Å². The highest BCUT2D eigenvalue weighted by Gasteiger charge is 2.16. The number of esters is 1. The van der Waals surface area contributed by atoms with Gasteiger partial charge < -0.3 is 4.74 Å². The van der Waals surface area contributed by atoms with E-state index in [1.54, 1.807) is 42.5 Å². The van der Waals surface area contributed by atoms with Crippen molar-refractivity contribution in [3.63, 3.8) is 0 Å². The lowest BCUT2D eigenvalue weighted by molar-refractivity contribution is -0.131. The molecule has 0 atom stereocenters. The van der Waals surface area contributed by atoms with E-state index in [1.807, 2.05) is 0 Å². The van der Waals surface area contributed by atoms with Gasteiger partial charge in [-0.15, -0.1) is 0 Å². The predicted octanol–water partition coefficient (Wildman–Crippen LogP) is 4.15. The van der Waals surface area contributed by atoms with E-state index in [4.69, 9.17) is 27.9 Å². The second-order valence-electron chi connectivity index (χ2n) is 4.04. The summed E-state index contributed by atoms with van der Waals surface area (Å²) in [5, 5.41) is 0.595. The molecule has 5 heteroatoms. The topological polar surface area (TPSA) is 43.4 Å². The maximum Gasteiger partial charge on any atom is 0.308 e. The van der Waals surface area contributed by atoms with Crippen LogP contribution in [0.4, 0.5) is 0 Å². The summed E-state index contributed by atoms with van der Waals surface area (Å²) in [6.07, 6.45) is 0. The average molecular weight is 309 g/mol. The van der Waals surface area contributed by atoms with Crippen molar-refractivity contribution in [2.75, 3.05) is 0 Å². The molecule has 0 spiro atoms. The summed E-state index contributed by atoms with van der Waals surface area (Å²) in [7, 11) is 0. The summed E-state index contributed by atoms with van der Waals surface area (Å²) in [4.78, 5) is 23.2. The van der Waals surface area contributed by atoms with Crippen molar-refractivity contribution in [3.8, 4) is 5.75 Å². The van der Waals surface area contributed by atoms with Gasteiger partial charge >= 0.3 is 5.97 Å². The SMILES string of the molecule is CC(=O)Oc1ccc(C(=O)c2c(Cl)cccc2Cl)cc1. The fraction of sp³-hybridized carbons (Fsp3) is 0.0667. The molecule has 0 aliphatic heterocycles. The zero-order valence-corrected chi connectivity index (χ0v) is 12.0. The number of carbonyl (C=O) groups is 2. The van der Waals surface area contributed by atoms with E-state index < -0.39 is 5.97 Å². The van der Waals surface area contributed by atoms with Crippen molar-refractivity contribution in [2.45, 2.75) is 6.92 Å². The number of halogens is 2. The van der Waals surface area contributed by atoms with Gasteiger partial charge in [0.2, 0.25) is 0 Å². The normalized spacial score (nSPS) is 10.2. The Morgan fingerprint density at radius 1 is 0.950 bits per heavy atom. The molecule has 20 heavy (non-hydrogen) atoms. The lowest BCUT2D eigenvalue weighted by Crippen LogP contribution is -2.04. The first-order valence-electron chi connectivity index (χ1n) is 5.76. The molecule has 0 aliphatic rings. The van der Waals surface area contributed by atoms with Crippen molar-refractivity contribution >= 4 is 35.0 Å². The molecule has 0 bridgehead atoms. The Hall–Kier alpha value is -1.84. The third-order valence-corrected chi connectivity index (χ3v) is 3.20. The largest absolute Gasteiger partial charge is 0.427 e. The third kappa shape index (κ3) is 3.18. The molecule has 0 amide bonds. The summed E-state index contributed by atoms with van der Waals surface area (Å²) < 4.78 is 4.90. The molecule has 0 aliphatic carbocycles. The molecular formula is C15H10Cl2O3. The number of hydrogen-bond donors (Lipinski definition) is 0. The highest BCUT2D eigenvalue weighted by molar-refractivity contribution is 6.41. The molecule has 2 aromatic rings. The number of rotatable bonds is 3. The van der Waals surface area contributed by atoms with Crippen molar-refractivity contribution in [1.82, 2.24) is 0 Å². The van der Waals surface area contributed by atoms with Crippen molar-refractivity contribution in [2.24, 2.45) is 0 Å². The summed E-state index contributed by atoms with van der Waals surface area (Å²) in [5.41, 5.74) is 0.673. The maximum atomic E-state index is 12.3. The number of ketones is 1. The fourth-order valence-corrected chi connectivity index (χ4v) is 2.27. The lowest BCUT2D eigenvalue weighted by atomic mass is 10.0. The van der Waals surface area contributed by atoms with Crippen LogP contribution in [0.25, 0.3) is 0 Å². The Balaban J connectivity index is 2.32. The zero-order valence-electron chi connectivity index (χ0n) is 10.5. The van der Waals surface area contributed by atoms with Gasteiger partial charge in [0.15, 0.2) is 5.78 Å². The second kappa shape index (κ2) is 6.07. The Bertz CT molecular complexity index is 643. The summed E-state index contributed by atoms with van der Waals surface area (Å²) in [6, 6.07) is 11.1. The fourth-order valence-electron chi connectivity index (χ4n) is 1.70. The molecule has 0 saturated carbocycles. The standard InChI is InChI=1S/C15H10Cl2O3/c1-9(18)20-11-7-5-10(6-8-11)15(19)14-12(16)3-2-4-13(14)17/h2-8H,1H3. The molecule has 0 unspecified atom stereocenters. The first kappa shape index (κ1) is 14.6. The first-order chi connectivity index (χ1) is 9.49. The van der Waals surface area contributed by atoms with Crippen molar-refractivity contribution < 1.29 is 14.3 Å². The molecule has 0 heterocycles. The monoisotopic (exact) mass is 308 g/mol. The molecule has 0 fully saturated rings. The van der Waals surface area contributed by atoms with E-state index in [0.29, 0.717) is 21.4 Å². The molecule has 0 N–H and O–H groups in total. The zero-order chi connectivity index (χ0) is 14.7. The van der Waals surface area contributed by atoms with Gasteiger partial charge in [-0.05, 0) is 36.4 Å². The van der Waals surface area contributed by atoms with Gasteiger partial charge in [0.25, 0.3) is 0 Å². The number of hydrogen-bond acceptors (Lipinski definition) is 3. The minimum absolute atomic E-state index is 0.260. The minimum Gasteiger partial charge on any atom is -0.427 e. The Morgan fingerprint density at radius 2 is 1.50 bits per heavy atom. The molecule has 0 radical (unpaired) electrons. The van der Waals surface area contributed by atoms with Gasteiger partial charge in [0.1, 0.15) is 5.75 Å². The van der Waals surface area contributed by atoms with Gasteiger partial charge in [0, 0.05) is 12.5 Å². The molecule has 0 aromatic heterocycles. The Labute approximate surface area is 126 Å². The molecule has 2 aromatic carbocycles. The van der Waals surface area contributed by atoms with Crippen molar-refractivity contribution in [1.29, 1.82) is 0 Å². The van der Waals surface area contributed by atoms with Crippen LogP contribution in [0.2, 0.25) is 10.0 Å². The molecule has 2 rings (SSSR count). The third-order valence-electron chi connectivity index (χ3n) is 2.57. The van der Waals surface area contributed by atoms with Gasteiger partial charge in [-0.2, -0.15) is 0 Å². The van der Waals surface area contributed by atoms with Gasteiger partial charge in [-0.3, -0.25) is 9.59 Å². The maximum absolute atomic E-state index is 12.3. The van der Waals surface area contributed by atoms with E-state index in [1.165, 1.54) is 6.92 Å². The summed E-state index contributed by atoms with van der Waals surface area (Å²) >= 11 is 12.0. The number of benzene rings is 2. The lowest BCUT2D eigenvalue weighted by Gasteiger charge is -2.07. The van der Waals surface area contributed by atoms with E-state index in [0.717, 1.165) is 0 Å². The molecular weight excluding hydrogens is 299 g/mol. The van der Waals surface area contributed by atoms with Gasteiger partial charge in [-0.1, -0.05) is 29.3 Å². The Kier molecular flexibility index (Phi) is 4.42. The predicted molar refractivity (Wildman–Crippen MR) is 77.6 cm³/mol. The smallest absolute Gasteiger partial charge is 0.308 e. The first-order valence-corrected chi connectivity index (χ1v) is 6.52. The average Bonchev–Trinajstić information content (AvgIpc) is 2.38. The Morgan fingerprint density at radius 3 is 2.00 bits per heavy atom. The van der Waals surface area contributed by atoms with Crippen LogP contribution in [-0.2, 0) is 4.79 Å². The quantitative estimate of drug-likeness (QED) is 0.486. The van der Waals surface area contributed by atoms with Crippen LogP contribution in [0.5, 0.6) is 5.75 Å². The van der Waals surface area contributed by atoms with E-state index >= 15 is 0 Å². The van der Waals surface area contributed by atoms with Gasteiger partial charge in [0.05, 0.1) is 15.6 Å². The van der Waals surface area contributed by atoms with Crippen LogP contribution in [0, 0.1) is 0 Å². The van der Waals surface area contributed by atoms with Crippen LogP contribution >= 0.6 is 23.2 Å². The molecule has 102 valence electrons. The van der Waals surface area contributed by atoms with E-state index in [-0.39, 0.29) is 11.3 Å². The highest BCUT2D eigenvalue weighted by atomic mass is 35.5. The van der Waals surface area contributed by atoms with E-state index in [9.17, 15) is 9.59 Å². The minimum atomic E-state index is -0.418. The molecule has 3 nitrogen and oxygen atoms in total. The van der Waals surface area contributed by atoms with Crippen LogP contribution < -0.4 is 4.74 Å². The van der Waals surface area contributed by atoms with Crippen molar-refractivity contribution in [3.05, 3.63) is 63.6 Å². The van der Waals surface area contributed by atoms with Crippen LogP contribution in [0.1, 0.15) is 22.8 Å². The second-order valence-corrected chi connectivity index (χ2v) is 4.86. The van der Waals surface area contributed by atoms with Crippen LogP contribution in [0.3, 0.4) is 0 Å². The van der Waals surface area contributed by atoms with Crippen LogP contribution in [0.15, 0.2) is 42.5 Å². The summed E-state index contributed by atoms with van der Waals surface area (Å²) in [5.74, 6) is -0.326.